The van der Waals surface area contributed by atoms with Gasteiger partial charge in [-0.3, -0.25) is 0 Å². The van der Waals surface area contributed by atoms with E-state index in [1.165, 1.54) is 38.8 Å². The van der Waals surface area contributed by atoms with E-state index in [4.69, 9.17) is 0 Å². The molecule has 56 valence electrons. The van der Waals surface area contributed by atoms with Crippen LogP contribution in [0.3, 0.4) is 0 Å². The van der Waals surface area contributed by atoms with Crippen molar-refractivity contribution in [3.63, 3.8) is 0 Å². The van der Waals surface area contributed by atoms with Crippen molar-refractivity contribution in [3.8, 4) is 0 Å². The average molecular weight is 362 g/mol. The molecule has 0 N–H and O–H groups in total. The molecule has 2 heteroatoms. The van der Waals surface area contributed by atoms with E-state index in [1.807, 2.05) is 0 Å². The van der Waals surface area contributed by atoms with Crippen molar-refractivity contribution in [2.75, 3.05) is 13.1 Å². The van der Waals surface area contributed by atoms with Gasteiger partial charge in [0.15, 0.2) is 0 Å². The summed E-state index contributed by atoms with van der Waals surface area (Å²) < 4.78 is 0. The number of hydrogen-bond donors (Lipinski definition) is 0. The maximum atomic E-state index is 4.26. The van der Waals surface area contributed by atoms with Crippen molar-refractivity contribution < 1.29 is 31.1 Å². The Labute approximate surface area is 86.9 Å². The summed E-state index contributed by atoms with van der Waals surface area (Å²) in [6.07, 6.45) is 5.44. The largest absolute Gasteiger partial charge is 0.327 e. The normalized spacial score (nSPS) is 29.7. The van der Waals surface area contributed by atoms with E-state index in [1.54, 1.807) is 0 Å². The van der Waals surface area contributed by atoms with Crippen molar-refractivity contribution >= 4 is 0 Å². The van der Waals surface area contributed by atoms with Gasteiger partial charge in [0, 0.05) is 31.1 Å². The second-order valence-corrected chi connectivity index (χ2v) is 3.42. The monoisotopic (exact) mass is 362 g/mol. The van der Waals surface area contributed by atoms with Crippen molar-refractivity contribution in [1.29, 1.82) is 0 Å². The molecule has 2 aliphatic heterocycles. The summed E-state index contributed by atoms with van der Waals surface area (Å²) in [5.41, 5.74) is 0.389. The fraction of sp³-hybridized carbons (Fsp3) is 0.875. The SMILES string of the molecule is [CH2-]C12CCCN1CCC2.[U]. The maximum Gasteiger partial charge on any atom is 0 e. The molecule has 10 heavy (non-hydrogen) atoms. The fourth-order valence-corrected chi connectivity index (χ4v) is 2.23. The van der Waals surface area contributed by atoms with Gasteiger partial charge in [-0.05, 0) is 25.9 Å². The maximum absolute atomic E-state index is 4.26. The summed E-state index contributed by atoms with van der Waals surface area (Å²) >= 11 is 0. The van der Waals surface area contributed by atoms with Gasteiger partial charge in [0.25, 0.3) is 0 Å². The summed E-state index contributed by atoms with van der Waals surface area (Å²) in [5, 5.41) is 0. The van der Waals surface area contributed by atoms with Gasteiger partial charge in [-0.25, -0.2) is 0 Å². The molecule has 2 fully saturated rings. The topological polar surface area (TPSA) is 3.24 Å². The first kappa shape index (κ1) is 9.10. The van der Waals surface area contributed by atoms with Gasteiger partial charge < -0.3 is 11.8 Å². The minimum Gasteiger partial charge on any atom is -0.327 e. The van der Waals surface area contributed by atoms with Crippen LogP contribution in [0, 0.1) is 38.0 Å². The number of rotatable bonds is 0. The van der Waals surface area contributed by atoms with E-state index < -0.39 is 0 Å². The van der Waals surface area contributed by atoms with Crippen LogP contribution >= 0.6 is 0 Å². The average Bonchev–Trinajstić information content (AvgIpc) is 2.22. The summed E-state index contributed by atoms with van der Waals surface area (Å²) in [6.45, 7) is 6.88. The third-order valence-electron chi connectivity index (χ3n) is 2.81. The van der Waals surface area contributed by atoms with Gasteiger partial charge in [-0.2, -0.15) is 0 Å². The van der Waals surface area contributed by atoms with Crippen LogP contribution < -0.4 is 0 Å². The van der Waals surface area contributed by atoms with Crippen LogP contribution in [0.5, 0.6) is 0 Å². The van der Waals surface area contributed by atoms with Crippen LogP contribution in [0.25, 0.3) is 0 Å². The Morgan fingerprint density at radius 1 is 1.10 bits per heavy atom. The molecule has 1 nitrogen and oxygen atoms in total. The molecule has 0 aliphatic carbocycles. The van der Waals surface area contributed by atoms with E-state index in [2.05, 4.69) is 11.8 Å². The molecule has 0 unspecified atom stereocenters. The number of nitrogens with zero attached hydrogens (tertiary/aromatic N) is 1. The third-order valence-corrected chi connectivity index (χ3v) is 2.81. The van der Waals surface area contributed by atoms with Gasteiger partial charge >= 0.3 is 0 Å². The molecule has 0 amide bonds. The van der Waals surface area contributed by atoms with Gasteiger partial charge in [0.1, 0.15) is 0 Å². The molecule has 0 saturated carbocycles. The zero-order chi connectivity index (χ0) is 6.32. The molecule has 2 saturated heterocycles. The Balaban J connectivity index is 0.000000500. The first-order valence-corrected chi connectivity index (χ1v) is 3.92. The second kappa shape index (κ2) is 3.17. The van der Waals surface area contributed by atoms with E-state index in [-0.39, 0.29) is 31.1 Å². The van der Waals surface area contributed by atoms with E-state index in [0.29, 0.717) is 5.54 Å². The van der Waals surface area contributed by atoms with E-state index >= 15 is 0 Å². The Morgan fingerprint density at radius 2 is 1.60 bits per heavy atom. The Morgan fingerprint density at radius 3 is 2.00 bits per heavy atom. The van der Waals surface area contributed by atoms with E-state index in [0.717, 1.165) is 0 Å². The van der Waals surface area contributed by atoms with Gasteiger partial charge in [-0.15, -0.1) is 5.54 Å². The van der Waals surface area contributed by atoms with Crippen LogP contribution in [0.2, 0.25) is 0 Å². The van der Waals surface area contributed by atoms with Gasteiger partial charge in [0.05, 0.1) is 0 Å². The predicted molar refractivity (Wildman–Crippen MR) is 38.1 cm³/mol. The van der Waals surface area contributed by atoms with Crippen molar-refractivity contribution in [2.24, 2.45) is 0 Å². The fourth-order valence-electron chi connectivity index (χ4n) is 2.23. The minimum absolute atomic E-state index is 0. The first-order chi connectivity index (χ1) is 4.31. The second-order valence-electron chi connectivity index (χ2n) is 3.42. The summed E-state index contributed by atoms with van der Waals surface area (Å²) in [6, 6.07) is 0. The molecular weight excluding hydrogens is 348 g/mol. The molecule has 0 aromatic rings. The summed E-state index contributed by atoms with van der Waals surface area (Å²) in [7, 11) is 0. The van der Waals surface area contributed by atoms with Crippen LogP contribution in [-0.4, -0.2) is 23.5 Å². The molecule has 0 aromatic carbocycles. The number of fused-ring (bicyclic) bond motifs is 1. The first-order valence-electron chi connectivity index (χ1n) is 3.92. The predicted octanol–water partition coefficient (Wildman–Crippen LogP) is 1.45. The van der Waals surface area contributed by atoms with E-state index in [9.17, 15) is 0 Å². The quantitative estimate of drug-likeness (QED) is 0.590. The minimum atomic E-state index is 0. The smallest absolute Gasteiger partial charge is 0 e. The Bertz CT molecular complexity index is 114. The Hall–Kier alpha value is 1.01. The number of hydrogen-bond acceptors (Lipinski definition) is 1. The molecule has 2 heterocycles. The molecule has 0 bridgehead atoms. The van der Waals surface area contributed by atoms with Crippen molar-refractivity contribution in [3.05, 3.63) is 6.92 Å². The van der Waals surface area contributed by atoms with Gasteiger partial charge in [0.2, 0.25) is 0 Å². The molecular formula is C8H14NU-. The van der Waals surface area contributed by atoms with Crippen molar-refractivity contribution in [2.45, 2.75) is 31.2 Å². The summed E-state index contributed by atoms with van der Waals surface area (Å²) in [5.74, 6) is 0. The molecule has 2 aliphatic rings. The third kappa shape index (κ3) is 1.31. The molecule has 0 radical (unpaired) electrons. The standard InChI is InChI=1S/C8H14N.U/c1-8-4-2-6-9(8)7-3-5-8;/h1-7H2;/q-1;. The van der Waals surface area contributed by atoms with Crippen LogP contribution in [0.4, 0.5) is 0 Å². The molecule has 0 spiro atoms. The zero-order valence-corrected chi connectivity index (χ0v) is 10.6. The van der Waals surface area contributed by atoms with Crippen LogP contribution in [0.1, 0.15) is 25.7 Å². The van der Waals surface area contributed by atoms with Crippen molar-refractivity contribution in [1.82, 2.24) is 4.90 Å². The summed E-state index contributed by atoms with van der Waals surface area (Å²) in [4.78, 5) is 2.55. The van der Waals surface area contributed by atoms with Crippen LogP contribution in [-0.2, 0) is 0 Å². The van der Waals surface area contributed by atoms with Crippen LogP contribution in [0.15, 0.2) is 0 Å². The van der Waals surface area contributed by atoms with Gasteiger partial charge in [-0.1, -0.05) is 12.8 Å². The zero-order valence-electron chi connectivity index (χ0n) is 6.40. The molecule has 2 rings (SSSR count). The Kier molecular flexibility index (Phi) is 2.89. The molecule has 0 aromatic heterocycles. The molecule has 0 atom stereocenters.